The van der Waals surface area contributed by atoms with Gasteiger partial charge in [0.15, 0.2) is 0 Å². The number of carbonyl (C=O) groups excluding carboxylic acids is 1. The first kappa shape index (κ1) is 15.4. The van der Waals surface area contributed by atoms with Crippen molar-refractivity contribution in [1.29, 1.82) is 0 Å². The normalized spacial score (nSPS) is 24.3. The van der Waals surface area contributed by atoms with Crippen molar-refractivity contribution in [2.24, 2.45) is 11.7 Å². The number of nitrogens with zero attached hydrogens (tertiary/aromatic N) is 1. The van der Waals surface area contributed by atoms with Crippen LogP contribution >= 0.6 is 0 Å². The Morgan fingerprint density at radius 2 is 1.94 bits per heavy atom. The van der Waals surface area contributed by atoms with Crippen molar-refractivity contribution >= 4 is 5.91 Å². The molecular formula is C14H28N2O2. The maximum Gasteiger partial charge on any atom is 0.223 e. The van der Waals surface area contributed by atoms with Crippen molar-refractivity contribution in [2.45, 2.75) is 64.5 Å². The summed E-state index contributed by atoms with van der Waals surface area (Å²) in [4.78, 5) is 14.1. The molecule has 0 aromatic carbocycles. The van der Waals surface area contributed by atoms with Gasteiger partial charge in [-0.15, -0.1) is 0 Å². The highest BCUT2D eigenvalue weighted by Crippen LogP contribution is 2.26. The van der Waals surface area contributed by atoms with E-state index in [4.69, 9.17) is 10.8 Å². The Labute approximate surface area is 111 Å². The Hall–Kier alpha value is -0.610. The molecule has 1 aliphatic rings. The average Bonchev–Trinajstić information content (AvgIpc) is 2.32. The van der Waals surface area contributed by atoms with Gasteiger partial charge in [-0.1, -0.05) is 0 Å². The molecule has 3 N–H and O–H groups in total. The number of hydrogen-bond acceptors (Lipinski definition) is 3. The second kappa shape index (κ2) is 7.74. The highest BCUT2D eigenvalue weighted by atomic mass is 16.3. The predicted octanol–water partition coefficient (Wildman–Crippen LogP) is 1.51. The molecule has 1 aliphatic carbocycles. The van der Waals surface area contributed by atoms with Crippen LogP contribution in [-0.2, 0) is 4.79 Å². The van der Waals surface area contributed by atoms with E-state index in [1.54, 1.807) is 0 Å². The molecule has 0 heterocycles. The van der Waals surface area contributed by atoms with E-state index < -0.39 is 0 Å². The van der Waals surface area contributed by atoms with Crippen molar-refractivity contribution in [3.8, 4) is 0 Å². The summed E-state index contributed by atoms with van der Waals surface area (Å²) in [7, 11) is 0. The first-order valence-electron chi connectivity index (χ1n) is 7.20. The van der Waals surface area contributed by atoms with Crippen molar-refractivity contribution < 1.29 is 9.90 Å². The van der Waals surface area contributed by atoms with Crippen LogP contribution in [0.2, 0.25) is 0 Å². The Morgan fingerprint density at radius 1 is 1.33 bits per heavy atom. The lowest BCUT2D eigenvalue weighted by Gasteiger charge is -2.31. The zero-order valence-corrected chi connectivity index (χ0v) is 11.8. The molecule has 0 atom stereocenters. The van der Waals surface area contributed by atoms with Crippen LogP contribution in [-0.4, -0.2) is 41.1 Å². The number of carbonyl (C=O) groups is 1. The van der Waals surface area contributed by atoms with Crippen LogP contribution in [0.4, 0.5) is 0 Å². The smallest absolute Gasteiger partial charge is 0.223 e. The summed E-state index contributed by atoms with van der Waals surface area (Å²) in [6.07, 6.45) is 5.58. The summed E-state index contributed by atoms with van der Waals surface area (Å²) in [5.41, 5.74) is 5.88. The lowest BCUT2D eigenvalue weighted by molar-refractivity contribution is -0.134. The third kappa shape index (κ3) is 4.94. The fourth-order valence-electron chi connectivity index (χ4n) is 2.67. The van der Waals surface area contributed by atoms with E-state index in [0.717, 1.165) is 25.7 Å². The van der Waals surface area contributed by atoms with Crippen molar-refractivity contribution in [2.75, 3.05) is 13.2 Å². The minimum Gasteiger partial charge on any atom is -0.396 e. The summed E-state index contributed by atoms with van der Waals surface area (Å²) in [5, 5.41) is 8.88. The van der Waals surface area contributed by atoms with Crippen molar-refractivity contribution in [3.05, 3.63) is 0 Å². The molecule has 106 valence electrons. The summed E-state index contributed by atoms with van der Waals surface area (Å²) in [6, 6.07) is 0.557. The van der Waals surface area contributed by atoms with Crippen LogP contribution in [0, 0.1) is 5.92 Å². The zero-order chi connectivity index (χ0) is 13.5. The van der Waals surface area contributed by atoms with Crippen LogP contribution in [0.15, 0.2) is 0 Å². The maximum atomic E-state index is 12.3. The number of nitrogens with two attached hydrogens (primary N) is 1. The SMILES string of the molecule is CC(C)N(CCCO)C(=O)CC1CCC(N)CC1. The van der Waals surface area contributed by atoms with E-state index in [0.29, 0.717) is 31.3 Å². The Balaban J connectivity index is 2.40. The van der Waals surface area contributed by atoms with E-state index in [-0.39, 0.29) is 18.6 Å². The first-order chi connectivity index (χ1) is 8.54. The largest absolute Gasteiger partial charge is 0.396 e. The van der Waals surface area contributed by atoms with E-state index in [1.165, 1.54) is 0 Å². The van der Waals surface area contributed by atoms with E-state index in [2.05, 4.69) is 0 Å². The molecule has 0 radical (unpaired) electrons. The van der Waals surface area contributed by atoms with Crippen LogP contribution < -0.4 is 5.73 Å². The van der Waals surface area contributed by atoms with Gasteiger partial charge in [-0.2, -0.15) is 0 Å². The Kier molecular flexibility index (Phi) is 6.65. The second-order valence-electron chi connectivity index (χ2n) is 5.74. The fraction of sp³-hybridized carbons (Fsp3) is 0.929. The molecule has 18 heavy (non-hydrogen) atoms. The van der Waals surface area contributed by atoms with Gasteiger partial charge in [0.1, 0.15) is 0 Å². The molecule has 0 saturated heterocycles. The number of aliphatic hydroxyl groups is 1. The Bertz CT molecular complexity index is 248. The quantitative estimate of drug-likeness (QED) is 0.757. The second-order valence-corrected chi connectivity index (χ2v) is 5.74. The molecule has 0 aromatic heterocycles. The topological polar surface area (TPSA) is 66.6 Å². The minimum atomic E-state index is 0.148. The molecule has 0 aliphatic heterocycles. The molecule has 0 bridgehead atoms. The molecule has 4 nitrogen and oxygen atoms in total. The highest BCUT2D eigenvalue weighted by Gasteiger charge is 2.24. The third-order valence-electron chi connectivity index (χ3n) is 3.86. The van der Waals surface area contributed by atoms with Gasteiger partial charge in [0, 0.05) is 31.7 Å². The molecule has 0 aromatic rings. The number of hydrogen-bond donors (Lipinski definition) is 2. The van der Waals surface area contributed by atoms with E-state index >= 15 is 0 Å². The summed E-state index contributed by atoms with van der Waals surface area (Å²) in [6.45, 7) is 4.88. The molecular weight excluding hydrogens is 228 g/mol. The van der Waals surface area contributed by atoms with Gasteiger partial charge in [-0.05, 0) is 51.9 Å². The molecule has 0 spiro atoms. The van der Waals surface area contributed by atoms with Crippen LogP contribution in [0.5, 0.6) is 0 Å². The molecule has 1 rings (SSSR count). The summed E-state index contributed by atoms with van der Waals surface area (Å²) < 4.78 is 0. The van der Waals surface area contributed by atoms with Crippen LogP contribution in [0.1, 0.15) is 52.4 Å². The minimum absolute atomic E-state index is 0.148. The van der Waals surface area contributed by atoms with Crippen molar-refractivity contribution in [3.63, 3.8) is 0 Å². The van der Waals surface area contributed by atoms with Gasteiger partial charge >= 0.3 is 0 Å². The van der Waals surface area contributed by atoms with Gasteiger partial charge in [-0.25, -0.2) is 0 Å². The number of amides is 1. The highest BCUT2D eigenvalue weighted by molar-refractivity contribution is 5.76. The first-order valence-corrected chi connectivity index (χ1v) is 7.20. The summed E-state index contributed by atoms with van der Waals surface area (Å²) >= 11 is 0. The van der Waals surface area contributed by atoms with Crippen LogP contribution in [0.3, 0.4) is 0 Å². The van der Waals surface area contributed by atoms with Gasteiger partial charge < -0.3 is 15.7 Å². The average molecular weight is 256 g/mol. The standard InChI is InChI=1S/C14H28N2O2/c1-11(2)16(8-3-9-17)14(18)10-12-4-6-13(15)7-5-12/h11-13,17H,3-10,15H2,1-2H3. The van der Waals surface area contributed by atoms with Gasteiger partial charge in [-0.3, -0.25) is 4.79 Å². The Morgan fingerprint density at radius 3 is 2.44 bits per heavy atom. The van der Waals surface area contributed by atoms with Gasteiger partial charge in [0.25, 0.3) is 0 Å². The monoisotopic (exact) mass is 256 g/mol. The lowest BCUT2D eigenvalue weighted by Crippen LogP contribution is -2.39. The zero-order valence-electron chi connectivity index (χ0n) is 11.8. The lowest BCUT2D eigenvalue weighted by atomic mass is 9.84. The molecule has 1 fully saturated rings. The van der Waals surface area contributed by atoms with Crippen molar-refractivity contribution in [1.82, 2.24) is 4.90 Å². The molecule has 4 heteroatoms. The van der Waals surface area contributed by atoms with Gasteiger partial charge in [0.2, 0.25) is 5.91 Å². The predicted molar refractivity (Wildman–Crippen MR) is 73.1 cm³/mol. The molecule has 1 saturated carbocycles. The number of aliphatic hydroxyl groups excluding tert-OH is 1. The molecule has 0 unspecified atom stereocenters. The number of rotatable bonds is 6. The maximum absolute atomic E-state index is 12.3. The fourth-order valence-corrected chi connectivity index (χ4v) is 2.67. The van der Waals surface area contributed by atoms with Gasteiger partial charge in [0.05, 0.1) is 0 Å². The van der Waals surface area contributed by atoms with E-state index in [9.17, 15) is 4.79 Å². The summed E-state index contributed by atoms with van der Waals surface area (Å²) in [5.74, 6) is 0.742. The molecule has 1 amide bonds. The van der Waals surface area contributed by atoms with E-state index in [1.807, 2.05) is 18.7 Å². The third-order valence-corrected chi connectivity index (χ3v) is 3.86. The van der Waals surface area contributed by atoms with Crippen LogP contribution in [0.25, 0.3) is 0 Å².